The lowest BCUT2D eigenvalue weighted by atomic mass is 10.1. The van der Waals surface area contributed by atoms with Crippen LogP contribution in [0.2, 0.25) is 0 Å². The fourth-order valence-corrected chi connectivity index (χ4v) is 2.58. The summed E-state index contributed by atoms with van der Waals surface area (Å²) in [4.78, 5) is 11.7. The Bertz CT molecular complexity index is 423. The largest absolute Gasteiger partial charge is 0.458 e. The van der Waals surface area contributed by atoms with E-state index in [2.05, 4.69) is 12.2 Å². The van der Waals surface area contributed by atoms with Crippen molar-refractivity contribution >= 4 is 5.97 Å². The van der Waals surface area contributed by atoms with Crippen LogP contribution in [0.5, 0.6) is 0 Å². The molecule has 0 aromatic carbocycles. The third kappa shape index (κ3) is 11.2. The van der Waals surface area contributed by atoms with Gasteiger partial charge in [0, 0.05) is 12.8 Å². The van der Waals surface area contributed by atoms with Crippen LogP contribution in [0.1, 0.15) is 64.7 Å². The van der Waals surface area contributed by atoms with Crippen molar-refractivity contribution in [3.05, 3.63) is 36.5 Å². The Morgan fingerprint density at radius 2 is 2.00 bits per heavy atom. The summed E-state index contributed by atoms with van der Waals surface area (Å²) in [5.41, 5.74) is 0. The van der Waals surface area contributed by atoms with Crippen molar-refractivity contribution < 1.29 is 19.7 Å². The second-order valence-corrected chi connectivity index (χ2v) is 6.43. The molecule has 0 saturated carbocycles. The minimum atomic E-state index is -0.481. The van der Waals surface area contributed by atoms with E-state index in [4.69, 9.17) is 4.74 Å². The van der Waals surface area contributed by atoms with Gasteiger partial charge < -0.3 is 14.9 Å². The van der Waals surface area contributed by atoms with E-state index in [9.17, 15) is 15.0 Å². The molecule has 0 aromatic heterocycles. The molecule has 0 bridgehead atoms. The van der Waals surface area contributed by atoms with E-state index in [1.54, 1.807) is 6.92 Å². The maximum absolute atomic E-state index is 11.7. The van der Waals surface area contributed by atoms with Gasteiger partial charge in [-0.2, -0.15) is 0 Å². The van der Waals surface area contributed by atoms with Gasteiger partial charge >= 0.3 is 5.97 Å². The first-order valence-electron chi connectivity index (χ1n) is 9.10. The lowest BCUT2D eigenvalue weighted by Gasteiger charge is -2.13. The Hall–Kier alpha value is -1.39. The summed E-state index contributed by atoms with van der Waals surface area (Å²) in [6.07, 6.45) is 18.1. The first-order valence-corrected chi connectivity index (χ1v) is 9.10. The van der Waals surface area contributed by atoms with Gasteiger partial charge in [0.25, 0.3) is 0 Å². The molecule has 1 rings (SSSR count). The Balaban J connectivity index is 2.26. The fraction of sp³-hybridized carbons (Fsp3) is 0.650. The predicted molar refractivity (Wildman–Crippen MR) is 96.5 cm³/mol. The molecule has 136 valence electrons. The SMILES string of the molecule is C[C@H](O)C[C@H](O)C/C=C/CC/C=C/[C@@H]1CC=CCCCCC(=O)O1. The minimum absolute atomic E-state index is 0.105. The number of rotatable bonds is 8. The van der Waals surface area contributed by atoms with Gasteiger partial charge in [-0.25, -0.2) is 0 Å². The van der Waals surface area contributed by atoms with Gasteiger partial charge in [0.05, 0.1) is 12.2 Å². The van der Waals surface area contributed by atoms with E-state index in [0.29, 0.717) is 19.3 Å². The van der Waals surface area contributed by atoms with Crippen molar-refractivity contribution in [3.63, 3.8) is 0 Å². The average molecular weight is 336 g/mol. The van der Waals surface area contributed by atoms with Crippen molar-refractivity contribution in [2.45, 2.75) is 83.0 Å². The highest BCUT2D eigenvalue weighted by Crippen LogP contribution is 2.11. The van der Waals surface area contributed by atoms with Gasteiger partial charge in [0.1, 0.15) is 6.10 Å². The maximum atomic E-state index is 11.7. The molecule has 4 nitrogen and oxygen atoms in total. The summed E-state index contributed by atoms with van der Waals surface area (Å²) in [6.45, 7) is 1.68. The lowest BCUT2D eigenvalue weighted by Crippen LogP contribution is -2.15. The number of carbonyl (C=O) groups excluding carboxylic acids is 1. The van der Waals surface area contributed by atoms with Crippen LogP contribution in [-0.4, -0.2) is 34.5 Å². The number of aliphatic hydroxyl groups is 2. The molecular weight excluding hydrogens is 304 g/mol. The molecule has 3 atom stereocenters. The molecule has 4 heteroatoms. The molecule has 0 saturated heterocycles. The van der Waals surface area contributed by atoms with Gasteiger partial charge in [-0.05, 0) is 57.9 Å². The number of ether oxygens (including phenoxy) is 1. The smallest absolute Gasteiger partial charge is 0.306 e. The Morgan fingerprint density at radius 1 is 1.21 bits per heavy atom. The molecule has 1 heterocycles. The number of unbranched alkanes of at least 4 members (excludes halogenated alkanes) is 1. The Morgan fingerprint density at radius 3 is 2.79 bits per heavy atom. The quantitative estimate of drug-likeness (QED) is 0.401. The number of allylic oxidation sites excluding steroid dienone is 3. The van der Waals surface area contributed by atoms with Crippen molar-refractivity contribution in [2.75, 3.05) is 0 Å². The van der Waals surface area contributed by atoms with E-state index >= 15 is 0 Å². The molecule has 0 aromatic rings. The average Bonchev–Trinajstić information content (AvgIpc) is 2.52. The van der Waals surface area contributed by atoms with E-state index in [1.165, 1.54) is 0 Å². The summed E-state index contributed by atoms with van der Waals surface area (Å²) in [6, 6.07) is 0. The van der Waals surface area contributed by atoms with Gasteiger partial charge in [-0.1, -0.05) is 30.4 Å². The third-order valence-corrected chi connectivity index (χ3v) is 3.86. The summed E-state index contributed by atoms with van der Waals surface area (Å²) in [7, 11) is 0. The van der Waals surface area contributed by atoms with Crippen LogP contribution in [0.25, 0.3) is 0 Å². The van der Waals surface area contributed by atoms with E-state index in [0.717, 1.165) is 38.5 Å². The maximum Gasteiger partial charge on any atom is 0.306 e. The van der Waals surface area contributed by atoms with Gasteiger partial charge in [-0.15, -0.1) is 0 Å². The minimum Gasteiger partial charge on any atom is -0.458 e. The van der Waals surface area contributed by atoms with Gasteiger partial charge in [0.2, 0.25) is 0 Å². The lowest BCUT2D eigenvalue weighted by molar-refractivity contribution is -0.146. The van der Waals surface area contributed by atoms with Crippen LogP contribution in [0.4, 0.5) is 0 Å². The van der Waals surface area contributed by atoms with Crippen molar-refractivity contribution in [1.82, 2.24) is 0 Å². The zero-order valence-corrected chi connectivity index (χ0v) is 14.8. The second-order valence-electron chi connectivity index (χ2n) is 6.43. The number of aliphatic hydroxyl groups excluding tert-OH is 2. The normalized spacial score (nSPS) is 22.6. The Labute approximate surface area is 145 Å². The van der Waals surface area contributed by atoms with E-state index in [1.807, 2.05) is 24.3 Å². The van der Waals surface area contributed by atoms with Crippen LogP contribution in [0.3, 0.4) is 0 Å². The fourth-order valence-electron chi connectivity index (χ4n) is 2.58. The standard InChI is InChI=1S/C20H32O4/c1-17(21)16-18(22)12-8-4-2-5-9-13-19-14-10-6-3-7-11-15-20(23)24-19/h4,6,8-10,13,17-19,21-22H,2-3,5,7,11-12,14-16H2,1H3/b8-4+,10-6?,13-9+/t17-,18+,19+/m0/s1. The highest BCUT2D eigenvalue weighted by Gasteiger charge is 2.10. The third-order valence-electron chi connectivity index (χ3n) is 3.86. The molecule has 0 spiro atoms. The molecule has 2 N–H and O–H groups in total. The monoisotopic (exact) mass is 336 g/mol. The molecule has 0 aliphatic carbocycles. The van der Waals surface area contributed by atoms with E-state index in [-0.39, 0.29) is 12.1 Å². The summed E-state index contributed by atoms with van der Waals surface area (Å²) in [5.74, 6) is -0.105. The molecule has 0 amide bonds. The molecule has 1 aliphatic heterocycles. The number of hydrogen-bond donors (Lipinski definition) is 2. The van der Waals surface area contributed by atoms with Crippen LogP contribution in [-0.2, 0) is 9.53 Å². The van der Waals surface area contributed by atoms with Crippen LogP contribution < -0.4 is 0 Å². The summed E-state index contributed by atoms with van der Waals surface area (Å²) < 4.78 is 5.47. The molecule has 1 aliphatic rings. The number of esters is 1. The number of hydrogen-bond acceptors (Lipinski definition) is 4. The highest BCUT2D eigenvalue weighted by atomic mass is 16.5. The molecular formula is C20H32O4. The first-order chi connectivity index (χ1) is 11.6. The molecule has 0 radical (unpaired) electrons. The molecule has 0 unspecified atom stereocenters. The first kappa shape index (κ1) is 20.7. The zero-order valence-electron chi connectivity index (χ0n) is 14.8. The van der Waals surface area contributed by atoms with Crippen molar-refractivity contribution in [2.24, 2.45) is 0 Å². The van der Waals surface area contributed by atoms with Crippen LogP contribution >= 0.6 is 0 Å². The van der Waals surface area contributed by atoms with Gasteiger partial charge in [-0.3, -0.25) is 4.79 Å². The highest BCUT2D eigenvalue weighted by molar-refractivity contribution is 5.69. The van der Waals surface area contributed by atoms with Gasteiger partial charge in [0.15, 0.2) is 0 Å². The topological polar surface area (TPSA) is 66.8 Å². The van der Waals surface area contributed by atoms with E-state index < -0.39 is 12.2 Å². The predicted octanol–water partition coefficient (Wildman–Crippen LogP) is 3.83. The zero-order chi connectivity index (χ0) is 17.6. The Kier molecular flexibility index (Phi) is 11.2. The van der Waals surface area contributed by atoms with Crippen LogP contribution in [0.15, 0.2) is 36.5 Å². The number of carbonyl (C=O) groups is 1. The van der Waals surface area contributed by atoms with Crippen molar-refractivity contribution in [3.8, 4) is 0 Å². The number of cyclic esters (lactones) is 1. The van der Waals surface area contributed by atoms with Crippen molar-refractivity contribution in [1.29, 1.82) is 0 Å². The summed E-state index contributed by atoms with van der Waals surface area (Å²) >= 11 is 0. The second kappa shape index (κ2) is 13.0. The van der Waals surface area contributed by atoms with Crippen LogP contribution in [0, 0.1) is 0 Å². The molecule has 24 heavy (non-hydrogen) atoms. The molecule has 0 fully saturated rings. The summed E-state index contributed by atoms with van der Waals surface area (Å²) in [5, 5.41) is 18.8.